The molecule has 0 saturated heterocycles. The maximum atomic E-state index is 14.8. The Hall–Kier alpha value is -2.56. The highest BCUT2D eigenvalue weighted by Crippen LogP contribution is 2.31. The second kappa shape index (κ2) is 9.71. The van der Waals surface area contributed by atoms with Gasteiger partial charge in [0, 0.05) is 17.4 Å². The Morgan fingerprint density at radius 3 is 2.26 bits per heavy atom. The third-order valence-electron chi connectivity index (χ3n) is 4.38. The molecular weight excluding hydrogens is 465 g/mol. The van der Waals surface area contributed by atoms with E-state index >= 15 is 0 Å². The Morgan fingerprint density at radius 1 is 0.935 bits per heavy atom. The standard InChI is InChI=1S/C20H20FN3O4S2.ClH/c1-29(25,26)9-4-10-30(27,28)19-6-3-2-5-15(19)14-7-8-16(17(21)11-14)18-12-24-20(22)13-23-18;/h2-3,5-8,11-13H,4,9-10H2,1H3,(H2,22,24);1H. The molecule has 0 amide bonds. The fraction of sp³-hybridized carbons (Fsp3) is 0.200. The van der Waals surface area contributed by atoms with Crippen LogP contribution in [0.3, 0.4) is 0 Å². The van der Waals surface area contributed by atoms with Crippen molar-refractivity contribution in [3.63, 3.8) is 0 Å². The lowest BCUT2D eigenvalue weighted by Gasteiger charge is -2.12. The number of benzene rings is 2. The highest BCUT2D eigenvalue weighted by atomic mass is 35.5. The number of sulfone groups is 2. The largest absolute Gasteiger partial charge is 0.382 e. The molecular formula is C20H21ClFN3O4S2. The van der Waals surface area contributed by atoms with Gasteiger partial charge in [0.05, 0.1) is 34.5 Å². The number of nitrogen functional groups attached to an aromatic ring is 1. The highest BCUT2D eigenvalue weighted by Gasteiger charge is 2.21. The van der Waals surface area contributed by atoms with Crippen molar-refractivity contribution in [2.45, 2.75) is 11.3 Å². The fourth-order valence-electron chi connectivity index (χ4n) is 2.96. The predicted molar refractivity (Wildman–Crippen MR) is 121 cm³/mol. The topological polar surface area (TPSA) is 120 Å². The lowest BCUT2D eigenvalue weighted by Crippen LogP contribution is -2.13. The van der Waals surface area contributed by atoms with Gasteiger partial charge in [-0.25, -0.2) is 26.2 Å². The summed E-state index contributed by atoms with van der Waals surface area (Å²) in [7, 11) is -7.03. The molecule has 0 fully saturated rings. The molecule has 0 unspecified atom stereocenters. The second-order valence-corrected chi connectivity index (χ2v) is 11.2. The molecule has 11 heteroatoms. The number of rotatable bonds is 7. The van der Waals surface area contributed by atoms with Gasteiger partial charge in [-0.1, -0.05) is 24.3 Å². The van der Waals surface area contributed by atoms with Crippen molar-refractivity contribution in [3.05, 3.63) is 60.7 Å². The van der Waals surface area contributed by atoms with Gasteiger partial charge >= 0.3 is 0 Å². The van der Waals surface area contributed by atoms with E-state index in [9.17, 15) is 21.2 Å². The summed E-state index contributed by atoms with van der Waals surface area (Å²) in [5, 5.41) is 0. The average molecular weight is 486 g/mol. The Balaban J connectivity index is 0.00000341. The van der Waals surface area contributed by atoms with Crippen molar-refractivity contribution in [2.75, 3.05) is 23.5 Å². The number of hydrogen-bond acceptors (Lipinski definition) is 7. The quantitative estimate of drug-likeness (QED) is 0.545. The first kappa shape index (κ1) is 24.7. The van der Waals surface area contributed by atoms with Crippen LogP contribution in [-0.2, 0) is 19.7 Å². The molecule has 3 rings (SSSR count). The van der Waals surface area contributed by atoms with Crippen LogP contribution in [0.1, 0.15) is 6.42 Å². The minimum atomic E-state index is -3.76. The smallest absolute Gasteiger partial charge is 0.179 e. The van der Waals surface area contributed by atoms with Crippen molar-refractivity contribution in [1.82, 2.24) is 9.97 Å². The number of nitrogens with zero attached hydrogens (tertiary/aromatic N) is 2. The third kappa shape index (κ3) is 6.22. The zero-order valence-electron chi connectivity index (χ0n) is 16.5. The summed E-state index contributed by atoms with van der Waals surface area (Å²) in [6.07, 6.45) is 3.72. The van der Waals surface area contributed by atoms with E-state index in [0.717, 1.165) is 6.26 Å². The van der Waals surface area contributed by atoms with Crippen LogP contribution in [0.5, 0.6) is 0 Å². The van der Waals surface area contributed by atoms with E-state index in [-0.39, 0.29) is 46.6 Å². The number of hydrogen-bond donors (Lipinski definition) is 1. The molecule has 0 saturated carbocycles. The molecule has 31 heavy (non-hydrogen) atoms. The second-order valence-electron chi connectivity index (χ2n) is 6.82. The van der Waals surface area contributed by atoms with Crippen LogP contribution in [0.2, 0.25) is 0 Å². The molecule has 0 atom stereocenters. The molecule has 1 heterocycles. The average Bonchev–Trinajstić information content (AvgIpc) is 2.67. The van der Waals surface area contributed by atoms with Gasteiger partial charge in [-0.3, -0.25) is 4.98 Å². The monoisotopic (exact) mass is 485 g/mol. The molecule has 0 aliphatic heterocycles. The van der Waals surface area contributed by atoms with Gasteiger partial charge < -0.3 is 5.73 Å². The molecule has 3 aromatic rings. The molecule has 7 nitrogen and oxygen atoms in total. The van der Waals surface area contributed by atoms with Gasteiger partial charge in [-0.05, 0) is 30.2 Å². The zero-order chi connectivity index (χ0) is 21.9. The summed E-state index contributed by atoms with van der Waals surface area (Å²) in [5.41, 5.74) is 6.73. The van der Waals surface area contributed by atoms with Gasteiger partial charge in [0.25, 0.3) is 0 Å². The minimum Gasteiger partial charge on any atom is -0.382 e. The first-order chi connectivity index (χ1) is 14.1. The molecule has 0 radical (unpaired) electrons. The number of aromatic nitrogens is 2. The van der Waals surface area contributed by atoms with Crippen molar-refractivity contribution in [3.8, 4) is 22.4 Å². The maximum absolute atomic E-state index is 14.8. The minimum absolute atomic E-state index is 0. The van der Waals surface area contributed by atoms with E-state index in [4.69, 9.17) is 5.73 Å². The molecule has 0 bridgehead atoms. The van der Waals surface area contributed by atoms with Crippen LogP contribution in [0, 0.1) is 5.82 Å². The van der Waals surface area contributed by atoms with Crippen molar-refractivity contribution in [1.29, 1.82) is 0 Å². The number of anilines is 1. The Kier molecular flexibility index (Phi) is 7.74. The SMILES string of the molecule is CS(=O)(=O)CCCS(=O)(=O)c1ccccc1-c1ccc(-c2cnc(N)cn2)c(F)c1.Cl. The van der Waals surface area contributed by atoms with Gasteiger partial charge in [0.15, 0.2) is 9.84 Å². The Morgan fingerprint density at radius 2 is 1.65 bits per heavy atom. The molecule has 1 aromatic heterocycles. The van der Waals surface area contributed by atoms with E-state index in [1.54, 1.807) is 24.3 Å². The first-order valence-corrected chi connectivity index (χ1v) is 12.7. The Bertz CT molecular complexity index is 1280. The molecule has 0 aliphatic carbocycles. The first-order valence-electron chi connectivity index (χ1n) is 8.94. The zero-order valence-corrected chi connectivity index (χ0v) is 19.0. The van der Waals surface area contributed by atoms with Gasteiger partial charge in [0.2, 0.25) is 0 Å². The normalized spacial score (nSPS) is 11.7. The molecule has 2 aromatic carbocycles. The van der Waals surface area contributed by atoms with Crippen molar-refractivity contribution < 1.29 is 21.2 Å². The van der Waals surface area contributed by atoms with E-state index in [0.29, 0.717) is 16.8 Å². The van der Waals surface area contributed by atoms with Crippen LogP contribution in [0.15, 0.2) is 59.8 Å². The van der Waals surface area contributed by atoms with E-state index < -0.39 is 25.5 Å². The molecule has 0 spiro atoms. The molecule has 2 N–H and O–H groups in total. The summed E-state index contributed by atoms with van der Waals surface area (Å²) < 4.78 is 63.0. The van der Waals surface area contributed by atoms with Crippen LogP contribution in [0.4, 0.5) is 10.2 Å². The van der Waals surface area contributed by atoms with E-state index in [1.165, 1.54) is 30.6 Å². The van der Waals surface area contributed by atoms with Gasteiger partial charge in [-0.2, -0.15) is 0 Å². The van der Waals surface area contributed by atoms with Gasteiger partial charge in [0.1, 0.15) is 21.5 Å². The maximum Gasteiger partial charge on any atom is 0.179 e. The number of nitrogens with two attached hydrogens (primary N) is 1. The lowest BCUT2D eigenvalue weighted by atomic mass is 10.0. The van der Waals surface area contributed by atoms with Crippen LogP contribution in [0.25, 0.3) is 22.4 Å². The fourth-order valence-corrected chi connectivity index (χ4v) is 5.37. The third-order valence-corrected chi connectivity index (χ3v) is 7.26. The number of halogens is 2. The van der Waals surface area contributed by atoms with Crippen molar-refractivity contribution in [2.24, 2.45) is 0 Å². The van der Waals surface area contributed by atoms with Crippen molar-refractivity contribution >= 4 is 37.9 Å². The summed E-state index contributed by atoms with van der Waals surface area (Å²) in [4.78, 5) is 7.97. The van der Waals surface area contributed by atoms with Crippen LogP contribution < -0.4 is 5.73 Å². The summed E-state index contributed by atoms with van der Waals surface area (Å²) in [5.74, 6) is -0.916. The van der Waals surface area contributed by atoms with Gasteiger partial charge in [-0.15, -0.1) is 12.4 Å². The van der Waals surface area contributed by atoms with E-state index in [2.05, 4.69) is 9.97 Å². The molecule has 0 aliphatic rings. The van der Waals surface area contributed by atoms with Crippen LogP contribution in [-0.4, -0.2) is 44.6 Å². The Labute approximate surface area is 186 Å². The highest BCUT2D eigenvalue weighted by molar-refractivity contribution is 7.92. The van der Waals surface area contributed by atoms with E-state index in [1.807, 2.05) is 0 Å². The predicted octanol–water partition coefficient (Wildman–Crippen LogP) is 3.16. The summed E-state index contributed by atoms with van der Waals surface area (Å²) in [6.45, 7) is 0. The summed E-state index contributed by atoms with van der Waals surface area (Å²) >= 11 is 0. The lowest BCUT2D eigenvalue weighted by molar-refractivity contribution is 0.592. The summed E-state index contributed by atoms with van der Waals surface area (Å²) in [6, 6.07) is 10.6. The molecule has 166 valence electrons. The van der Waals surface area contributed by atoms with Crippen LogP contribution >= 0.6 is 12.4 Å².